The Morgan fingerprint density at radius 2 is 1.88 bits per heavy atom. The minimum absolute atomic E-state index is 0.0987. The molecule has 0 radical (unpaired) electrons. The van der Waals surface area contributed by atoms with Crippen LogP contribution in [0.15, 0.2) is 9.42 Å². The summed E-state index contributed by atoms with van der Waals surface area (Å²) >= 11 is 0. The van der Waals surface area contributed by atoms with Crippen molar-refractivity contribution in [1.82, 2.24) is 14.4 Å². The Hall–Kier alpha value is -1.45. The zero-order valence-electron chi connectivity index (χ0n) is 14.7. The molecule has 136 valence electrons. The van der Waals surface area contributed by atoms with Gasteiger partial charge in [0.1, 0.15) is 10.6 Å². The van der Waals surface area contributed by atoms with Crippen molar-refractivity contribution >= 4 is 15.9 Å². The van der Waals surface area contributed by atoms with E-state index in [4.69, 9.17) is 10.3 Å². The van der Waals surface area contributed by atoms with E-state index in [1.54, 1.807) is 18.7 Å². The van der Waals surface area contributed by atoms with Crippen molar-refractivity contribution in [2.45, 2.75) is 45.1 Å². The first-order valence-corrected chi connectivity index (χ1v) is 9.61. The smallest absolute Gasteiger partial charge is 0.248 e. The van der Waals surface area contributed by atoms with Gasteiger partial charge >= 0.3 is 0 Å². The third-order valence-electron chi connectivity index (χ3n) is 4.66. The zero-order chi connectivity index (χ0) is 18.1. The van der Waals surface area contributed by atoms with Crippen LogP contribution in [0.1, 0.15) is 31.7 Å². The van der Waals surface area contributed by atoms with Crippen molar-refractivity contribution < 1.29 is 17.7 Å². The van der Waals surface area contributed by atoms with Gasteiger partial charge in [-0.2, -0.15) is 4.31 Å². The van der Waals surface area contributed by atoms with Crippen molar-refractivity contribution in [3.63, 3.8) is 0 Å². The van der Waals surface area contributed by atoms with E-state index in [9.17, 15) is 13.2 Å². The SMILES string of the molecule is CCC(C)C(N)C(=O)N1CCN(S(=O)(=O)c2c(C)noc2C)CC1. The third-order valence-corrected chi connectivity index (χ3v) is 6.80. The molecule has 1 saturated heterocycles. The number of rotatable bonds is 5. The molecule has 8 nitrogen and oxygen atoms in total. The van der Waals surface area contributed by atoms with Crippen molar-refractivity contribution in [3.05, 3.63) is 11.5 Å². The number of piperazine rings is 1. The molecule has 0 aromatic carbocycles. The van der Waals surface area contributed by atoms with E-state index in [2.05, 4.69) is 5.16 Å². The molecule has 0 bridgehead atoms. The molecule has 0 aliphatic carbocycles. The molecule has 1 aliphatic rings. The first-order chi connectivity index (χ1) is 11.2. The average molecular weight is 358 g/mol. The number of nitrogens with two attached hydrogens (primary N) is 1. The lowest BCUT2D eigenvalue weighted by Gasteiger charge is -2.35. The van der Waals surface area contributed by atoms with Gasteiger partial charge in [-0.1, -0.05) is 25.4 Å². The molecule has 9 heteroatoms. The lowest BCUT2D eigenvalue weighted by atomic mass is 9.99. The predicted octanol–water partition coefficient (Wildman–Crippen LogP) is 0.498. The highest BCUT2D eigenvalue weighted by Crippen LogP contribution is 2.24. The number of hydrogen-bond donors (Lipinski definition) is 1. The quantitative estimate of drug-likeness (QED) is 0.821. The van der Waals surface area contributed by atoms with Crippen molar-refractivity contribution in [2.24, 2.45) is 11.7 Å². The molecule has 1 fully saturated rings. The minimum Gasteiger partial charge on any atom is -0.360 e. The molecule has 2 atom stereocenters. The van der Waals surface area contributed by atoms with Crippen LogP contribution in [0.4, 0.5) is 0 Å². The summed E-state index contributed by atoms with van der Waals surface area (Å²) in [6.45, 7) is 8.28. The van der Waals surface area contributed by atoms with Gasteiger partial charge in [-0.15, -0.1) is 0 Å². The molecule has 2 unspecified atom stereocenters. The van der Waals surface area contributed by atoms with Crippen LogP contribution in [-0.4, -0.2) is 60.9 Å². The number of aryl methyl sites for hydroxylation is 2. The Labute approximate surface area is 143 Å². The van der Waals surface area contributed by atoms with Crippen LogP contribution in [0, 0.1) is 19.8 Å². The Morgan fingerprint density at radius 3 is 2.33 bits per heavy atom. The zero-order valence-corrected chi connectivity index (χ0v) is 15.5. The van der Waals surface area contributed by atoms with E-state index in [1.807, 2.05) is 13.8 Å². The van der Waals surface area contributed by atoms with Crippen LogP contribution in [0.2, 0.25) is 0 Å². The number of aromatic nitrogens is 1. The molecule has 1 amide bonds. The molecule has 2 heterocycles. The van der Waals surface area contributed by atoms with Gasteiger partial charge in [0.15, 0.2) is 5.76 Å². The van der Waals surface area contributed by atoms with Gasteiger partial charge in [0.05, 0.1) is 6.04 Å². The first-order valence-electron chi connectivity index (χ1n) is 8.17. The monoisotopic (exact) mass is 358 g/mol. The van der Waals surface area contributed by atoms with E-state index < -0.39 is 16.1 Å². The van der Waals surface area contributed by atoms with Gasteiger partial charge in [0.2, 0.25) is 15.9 Å². The number of nitrogens with zero attached hydrogens (tertiary/aromatic N) is 3. The highest BCUT2D eigenvalue weighted by Gasteiger charge is 2.35. The topological polar surface area (TPSA) is 110 Å². The second-order valence-corrected chi connectivity index (χ2v) is 8.17. The van der Waals surface area contributed by atoms with Crippen LogP contribution in [0.3, 0.4) is 0 Å². The Kier molecular flexibility index (Phi) is 5.67. The Bertz CT molecular complexity index is 673. The van der Waals surface area contributed by atoms with E-state index in [0.717, 1.165) is 6.42 Å². The van der Waals surface area contributed by atoms with Gasteiger partial charge in [0, 0.05) is 26.2 Å². The minimum atomic E-state index is -3.66. The molecular weight excluding hydrogens is 332 g/mol. The molecule has 1 aromatic heterocycles. The summed E-state index contributed by atoms with van der Waals surface area (Å²) < 4.78 is 31.8. The summed E-state index contributed by atoms with van der Waals surface area (Å²) in [5.74, 6) is 0.269. The van der Waals surface area contributed by atoms with E-state index in [1.165, 1.54) is 4.31 Å². The number of sulfonamides is 1. The van der Waals surface area contributed by atoms with Crippen LogP contribution in [0.5, 0.6) is 0 Å². The lowest BCUT2D eigenvalue weighted by Crippen LogP contribution is -2.55. The highest BCUT2D eigenvalue weighted by atomic mass is 32.2. The van der Waals surface area contributed by atoms with Crippen LogP contribution in [0.25, 0.3) is 0 Å². The summed E-state index contributed by atoms with van der Waals surface area (Å²) in [6, 6.07) is -0.541. The van der Waals surface area contributed by atoms with Crippen LogP contribution in [-0.2, 0) is 14.8 Å². The number of hydrogen-bond acceptors (Lipinski definition) is 6. The lowest BCUT2D eigenvalue weighted by molar-refractivity contribution is -0.134. The van der Waals surface area contributed by atoms with Gasteiger partial charge < -0.3 is 15.2 Å². The van der Waals surface area contributed by atoms with Crippen molar-refractivity contribution in [1.29, 1.82) is 0 Å². The average Bonchev–Trinajstić information content (AvgIpc) is 2.92. The molecular formula is C15H26N4O4S. The maximum atomic E-state index is 12.8. The normalized spacial score (nSPS) is 19.3. The fourth-order valence-corrected chi connectivity index (χ4v) is 4.54. The summed E-state index contributed by atoms with van der Waals surface area (Å²) in [6.07, 6.45) is 0.827. The van der Waals surface area contributed by atoms with Gasteiger partial charge in [-0.25, -0.2) is 8.42 Å². The predicted molar refractivity (Wildman–Crippen MR) is 88.7 cm³/mol. The Morgan fingerprint density at radius 1 is 1.29 bits per heavy atom. The molecule has 1 aliphatic heterocycles. The second-order valence-electron chi connectivity index (χ2n) is 6.29. The third kappa shape index (κ3) is 3.47. The number of carbonyl (C=O) groups excluding carboxylic acids is 1. The van der Waals surface area contributed by atoms with Crippen LogP contribution < -0.4 is 5.73 Å². The maximum Gasteiger partial charge on any atom is 0.248 e. The number of carbonyl (C=O) groups is 1. The first kappa shape index (κ1) is 18.9. The Balaban J connectivity index is 2.06. The number of amides is 1. The second kappa shape index (κ2) is 7.20. The van der Waals surface area contributed by atoms with E-state index in [0.29, 0.717) is 18.8 Å². The van der Waals surface area contributed by atoms with Crippen molar-refractivity contribution in [2.75, 3.05) is 26.2 Å². The largest absolute Gasteiger partial charge is 0.360 e. The summed E-state index contributed by atoms with van der Waals surface area (Å²) in [5, 5.41) is 3.71. The molecule has 1 aromatic rings. The molecule has 2 rings (SSSR count). The standard InChI is InChI=1S/C15H26N4O4S/c1-5-10(2)13(16)15(20)18-6-8-19(9-7-18)24(21,22)14-11(3)17-23-12(14)4/h10,13H,5-9,16H2,1-4H3. The van der Waals surface area contributed by atoms with Gasteiger partial charge in [0.25, 0.3) is 0 Å². The van der Waals surface area contributed by atoms with Gasteiger partial charge in [-0.3, -0.25) is 4.79 Å². The van der Waals surface area contributed by atoms with E-state index >= 15 is 0 Å². The molecule has 0 saturated carbocycles. The van der Waals surface area contributed by atoms with E-state index in [-0.39, 0.29) is 35.6 Å². The summed E-state index contributed by atoms with van der Waals surface area (Å²) in [5.41, 5.74) is 6.35. The maximum absolute atomic E-state index is 12.8. The summed E-state index contributed by atoms with van der Waals surface area (Å²) in [7, 11) is -3.66. The molecule has 2 N–H and O–H groups in total. The fraction of sp³-hybridized carbons (Fsp3) is 0.733. The van der Waals surface area contributed by atoms with Gasteiger partial charge in [-0.05, 0) is 19.8 Å². The van der Waals surface area contributed by atoms with Crippen molar-refractivity contribution in [3.8, 4) is 0 Å². The molecule has 24 heavy (non-hydrogen) atoms. The fourth-order valence-electron chi connectivity index (χ4n) is 2.83. The highest BCUT2D eigenvalue weighted by molar-refractivity contribution is 7.89. The molecule has 0 spiro atoms. The summed E-state index contributed by atoms with van der Waals surface area (Å²) in [4.78, 5) is 14.2. The van der Waals surface area contributed by atoms with Crippen LogP contribution >= 0.6 is 0 Å².